The fourth-order valence-corrected chi connectivity index (χ4v) is 2.72. The molecule has 1 amide bonds. The van der Waals surface area contributed by atoms with E-state index >= 15 is 0 Å². The van der Waals surface area contributed by atoms with E-state index in [9.17, 15) is 9.59 Å². The first-order valence-corrected chi connectivity index (χ1v) is 7.82. The normalized spacial score (nSPS) is 17.7. The van der Waals surface area contributed by atoms with Crippen LogP contribution in [0.15, 0.2) is 42.7 Å². The predicted molar refractivity (Wildman–Crippen MR) is 85.8 cm³/mol. The van der Waals surface area contributed by atoms with Gasteiger partial charge >= 0.3 is 5.97 Å². The van der Waals surface area contributed by atoms with Crippen LogP contribution in [0.5, 0.6) is 0 Å². The van der Waals surface area contributed by atoms with E-state index in [1.165, 1.54) is 0 Å². The number of aromatic nitrogens is 2. The van der Waals surface area contributed by atoms with E-state index in [4.69, 9.17) is 9.84 Å². The number of hydrogen-bond acceptors (Lipinski definition) is 4. The third-order valence-corrected chi connectivity index (χ3v) is 3.91. The molecule has 2 aromatic rings. The standard InChI is InChI=1S/C17H19N3O4/c21-16(19-6-7-24-15(12-19)9-17(22)23)8-13-10-18-20(11-13)14-4-2-1-3-5-14/h1-5,10-11,15H,6-9,12H2,(H,22,23)/t15-/m1/s1. The molecule has 0 radical (unpaired) electrons. The lowest BCUT2D eigenvalue weighted by Gasteiger charge is -2.32. The van der Waals surface area contributed by atoms with Gasteiger partial charge in [-0.2, -0.15) is 5.10 Å². The number of para-hydroxylation sites is 1. The van der Waals surface area contributed by atoms with Gasteiger partial charge in [0, 0.05) is 19.3 Å². The van der Waals surface area contributed by atoms with Crippen LogP contribution in [0.1, 0.15) is 12.0 Å². The molecule has 2 heterocycles. The number of carbonyl (C=O) groups excluding carboxylic acids is 1. The molecule has 1 fully saturated rings. The molecule has 126 valence electrons. The first kappa shape index (κ1) is 16.2. The second-order valence-electron chi connectivity index (χ2n) is 5.74. The van der Waals surface area contributed by atoms with E-state index in [1.807, 2.05) is 36.5 Å². The number of rotatable bonds is 5. The zero-order chi connectivity index (χ0) is 16.9. The Hall–Kier alpha value is -2.67. The molecule has 24 heavy (non-hydrogen) atoms. The first-order valence-electron chi connectivity index (χ1n) is 7.82. The van der Waals surface area contributed by atoms with Crippen LogP contribution in [0.4, 0.5) is 0 Å². The molecule has 0 spiro atoms. The van der Waals surface area contributed by atoms with Crippen molar-refractivity contribution in [3.8, 4) is 5.69 Å². The van der Waals surface area contributed by atoms with Crippen molar-refractivity contribution in [1.82, 2.24) is 14.7 Å². The van der Waals surface area contributed by atoms with Crippen molar-refractivity contribution in [3.05, 3.63) is 48.3 Å². The van der Waals surface area contributed by atoms with E-state index in [0.29, 0.717) is 19.7 Å². The third-order valence-electron chi connectivity index (χ3n) is 3.91. The summed E-state index contributed by atoms with van der Waals surface area (Å²) in [4.78, 5) is 24.9. The highest BCUT2D eigenvalue weighted by molar-refractivity contribution is 5.79. The zero-order valence-corrected chi connectivity index (χ0v) is 13.2. The van der Waals surface area contributed by atoms with Crippen LogP contribution in [0.3, 0.4) is 0 Å². The van der Waals surface area contributed by atoms with E-state index in [1.54, 1.807) is 15.8 Å². The van der Waals surface area contributed by atoms with Gasteiger partial charge in [-0.25, -0.2) is 4.68 Å². The monoisotopic (exact) mass is 329 g/mol. The van der Waals surface area contributed by atoms with E-state index in [2.05, 4.69) is 5.10 Å². The smallest absolute Gasteiger partial charge is 0.306 e. The first-order chi connectivity index (χ1) is 11.6. The lowest BCUT2D eigenvalue weighted by molar-refractivity contribution is -0.147. The molecule has 1 atom stereocenters. The average molecular weight is 329 g/mol. The number of aliphatic carboxylic acids is 1. The van der Waals surface area contributed by atoms with E-state index in [-0.39, 0.29) is 18.7 Å². The Morgan fingerprint density at radius 2 is 2.08 bits per heavy atom. The van der Waals surface area contributed by atoms with Crippen LogP contribution in [-0.2, 0) is 20.7 Å². The second-order valence-corrected chi connectivity index (χ2v) is 5.74. The molecular formula is C17H19N3O4. The fraction of sp³-hybridized carbons (Fsp3) is 0.353. The maximum atomic E-state index is 12.4. The summed E-state index contributed by atoms with van der Waals surface area (Å²) in [7, 11) is 0. The summed E-state index contributed by atoms with van der Waals surface area (Å²) in [6.45, 7) is 1.17. The third kappa shape index (κ3) is 3.99. The molecule has 0 aliphatic carbocycles. The van der Waals surface area contributed by atoms with Crippen molar-refractivity contribution in [2.45, 2.75) is 18.9 Å². The van der Waals surface area contributed by atoms with Crippen LogP contribution >= 0.6 is 0 Å². The molecule has 7 heteroatoms. The Kier molecular flexibility index (Phi) is 4.90. The van der Waals surface area contributed by atoms with E-state index < -0.39 is 12.1 Å². The largest absolute Gasteiger partial charge is 0.481 e. The van der Waals surface area contributed by atoms with Gasteiger partial charge in [0.25, 0.3) is 0 Å². The lowest BCUT2D eigenvalue weighted by atomic mass is 10.1. The van der Waals surface area contributed by atoms with Gasteiger partial charge in [-0.05, 0) is 17.7 Å². The van der Waals surface area contributed by atoms with Gasteiger partial charge in [-0.15, -0.1) is 0 Å². The summed E-state index contributed by atoms with van der Waals surface area (Å²) in [6, 6.07) is 9.67. The maximum Gasteiger partial charge on any atom is 0.306 e. The van der Waals surface area contributed by atoms with Crippen LogP contribution in [0.25, 0.3) is 5.69 Å². The van der Waals surface area contributed by atoms with Gasteiger partial charge in [0.2, 0.25) is 5.91 Å². The Morgan fingerprint density at radius 1 is 1.29 bits per heavy atom. The van der Waals surface area contributed by atoms with Crippen molar-refractivity contribution >= 4 is 11.9 Å². The molecule has 3 rings (SSSR count). The molecule has 0 unspecified atom stereocenters. The minimum atomic E-state index is -0.918. The second kappa shape index (κ2) is 7.27. The number of nitrogens with zero attached hydrogens (tertiary/aromatic N) is 3. The number of hydrogen-bond donors (Lipinski definition) is 1. The van der Waals surface area contributed by atoms with Crippen molar-refractivity contribution in [2.24, 2.45) is 0 Å². The molecular weight excluding hydrogens is 310 g/mol. The summed E-state index contributed by atoms with van der Waals surface area (Å²) >= 11 is 0. The van der Waals surface area contributed by atoms with E-state index in [0.717, 1.165) is 11.3 Å². The molecule has 1 saturated heterocycles. The van der Waals surface area contributed by atoms with Crippen molar-refractivity contribution < 1.29 is 19.4 Å². The molecule has 0 bridgehead atoms. The number of carbonyl (C=O) groups is 2. The highest BCUT2D eigenvalue weighted by atomic mass is 16.5. The summed E-state index contributed by atoms with van der Waals surface area (Å²) in [5, 5.41) is 13.1. The number of morpholine rings is 1. The Bertz CT molecular complexity index is 714. The topological polar surface area (TPSA) is 84.7 Å². The van der Waals surface area contributed by atoms with Gasteiger partial charge in [-0.1, -0.05) is 18.2 Å². The van der Waals surface area contributed by atoms with Crippen LogP contribution in [0.2, 0.25) is 0 Å². The Balaban J connectivity index is 1.61. The van der Waals surface area contributed by atoms with Crippen LogP contribution in [0, 0.1) is 0 Å². The molecule has 7 nitrogen and oxygen atoms in total. The summed E-state index contributed by atoms with van der Waals surface area (Å²) in [5.74, 6) is -0.959. The van der Waals surface area contributed by atoms with Crippen molar-refractivity contribution in [1.29, 1.82) is 0 Å². The fourth-order valence-electron chi connectivity index (χ4n) is 2.72. The zero-order valence-electron chi connectivity index (χ0n) is 13.2. The SMILES string of the molecule is O=C(O)C[C@@H]1CN(C(=O)Cc2cnn(-c3ccccc3)c2)CCO1. The Labute approximate surface area is 139 Å². The summed E-state index contributed by atoms with van der Waals surface area (Å²) in [6.07, 6.45) is 3.23. The summed E-state index contributed by atoms with van der Waals surface area (Å²) in [5.41, 5.74) is 1.76. The molecule has 0 saturated carbocycles. The van der Waals surface area contributed by atoms with Crippen LogP contribution in [-0.4, -0.2) is 57.5 Å². The molecule has 1 aliphatic heterocycles. The number of benzene rings is 1. The number of carboxylic acids is 1. The van der Waals surface area contributed by atoms with Gasteiger partial charge in [0.15, 0.2) is 0 Å². The van der Waals surface area contributed by atoms with Gasteiger partial charge < -0.3 is 14.7 Å². The number of amides is 1. The number of ether oxygens (including phenoxy) is 1. The molecule has 1 N–H and O–H groups in total. The molecule has 1 aromatic carbocycles. The van der Waals surface area contributed by atoms with Crippen molar-refractivity contribution in [3.63, 3.8) is 0 Å². The van der Waals surface area contributed by atoms with Gasteiger partial charge in [0.1, 0.15) is 0 Å². The van der Waals surface area contributed by atoms with Gasteiger partial charge in [-0.3, -0.25) is 9.59 Å². The molecule has 1 aromatic heterocycles. The van der Waals surface area contributed by atoms with Crippen molar-refractivity contribution in [2.75, 3.05) is 19.7 Å². The van der Waals surface area contributed by atoms with Crippen LogP contribution < -0.4 is 0 Å². The minimum Gasteiger partial charge on any atom is -0.481 e. The minimum absolute atomic E-state index is 0.0405. The van der Waals surface area contributed by atoms with Gasteiger partial charge in [0.05, 0.1) is 37.4 Å². The number of carboxylic acid groups (broad SMARTS) is 1. The highest BCUT2D eigenvalue weighted by Gasteiger charge is 2.26. The maximum absolute atomic E-state index is 12.4. The predicted octanol–water partition coefficient (Wildman–Crippen LogP) is 1.12. The Morgan fingerprint density at radius 3 is 2.83 bits per heavy atom. The molecule has 1 aliphatic rings. The summed E-state index contributed by atoms with van der Waals surface area (Å²) < 4.78 is 7.12. The quantitative estimate of drug-likeness (QED) is 0.888. The average Bonchev–Trinajstić information content (AvgIpc) is 3.04. The lowest BCUT2D eigenvalue weighted by Crippen LogP contribution is -2.46. The highest BCUT2D eigenvalue weighted by Crippen LogP contribution is 2.12.